The maximum Gasteiger partial charge on any atom is 0.334 e. The maximum absolute atomic E-state index is 6.42. The van der Waals surface area contributed by atoms with Crippen molar-refractivity contribution in [1.82, 2.24) is 0 Å². The summed E-state index contributed by atoms with van der Waals surface area (Å²) in [6.07, 6.45) is 1.01. The minimum atomic E-state index is -2.03. The second-order valence-electron chi connectivity index (χ2n) is 8.05. The molecule has 122 valence electrons. The van der Waals surface area contributed by atoms with Crippen molar-refractivity contribution in [3.8, 4) is 0 Å². The van der Waals surface area contributed by atoms with Gasteiger partial charge in [-0.3, -0.25) is 0 Å². The standard InChI is InChI=1S/C14H37NO2Si3/c1-9-16-20(8,12-10-11-15)17-13-14(18(2,3)4)19(5,6)7/h14H,9-13,15H2,1-8H3. The molecular formula is C14H37NO2Si3. The molecule has 0 aliphatic carbocycles. The third-order valence-electron chi connectivity index (χ3n) is 3.93. The lowest BCUT2D eigenvalue weighted by Crippen LogP contribution is -2.49. The smallest absolute Gasteiger partial charge is 0.334 e. The molecule has 1 atom stereocenters. The second-order valence-corrected chi connectivity index (χ2v) is 22.8. The van der Waals surface area contributed by atoms with Gasteiger partial charge in [-0.25, -0.2) is 0 Å². The van der Waals surface area contributed by atoms with Gasteiger partial charge in [0.1, 0.15) is 0 Å². The molecule has 3 nitrogen and oxygen atoms in total. The number of nitrogens with two attached hydrogens (primary N) is 1. The van der Waals surface area contributed by atoms with E-state index in [2.05, 4.69) is 52.8 Å². The molecule has 0 amide bonds. The SMILES string of the molecule is CCO[Si](C)(CCCN)OCC([Si](C)(C)C)[Si](C)(C)C. The van der Waals surface area contributed by atoms with E-state index < -0.39 is 24.7 Å². The number of hydrogen-bond donors (Lipinski definition) is 1. The van der Waals surface area contributed by atoms with Crippen LogP contribution in [0.25, 0.3) is 0 Å². The molecule has 0 aromatic rings. The third kappa shape index (κ3) is 7.51. The van der Waals surface area contributed by atoms with Crippen LogP contribution < -0.4 is 5.73 Å². The average Bonchev–Trinajstić information content (AvgIpc) is 2.23. The fourth-order valence-corrected chi connectivity index (χ4v) is 17.2. The van der Waals surface area contributed by atoms with Crippen LogP contribution in [0.3, 0.4) is 0 Å². The molecule has 0 bridgehead atoms. The van der Waals surface area contributed by atoms with Gasteiger partial charge in [0.2, 0.25) is 0 Å². The molecule has 0 fully saturated rings. The normalized spacial score (nSPS) is 16.5. The van der Waals surface area contributed by atoms with Crippen LogP contribution in [0.15, 0.2) is 0 Å². The predicted molar refractivity (Wildman–Crippen MR) is 98.1 cm³/mol. The number of hydrogen-bond acceptors (Lipinski definition) is 3. The summed E-state index contributed by atoms with van der Waals surface area (Å²) in [6.45, 7) is 21.5. The molecule has 0 spiro atoms. The van der Waals surface area contributed by atoms with Gasteiger partial charge in [-0.1, -0.05) is 39.3 Å². The Labute approximate surface area is 129 Å². The lowest BCUT2D eigenvalue weighted by atomic mass is 10.5. The molecule has 2 N–H and O–H groups in total. The molecule has 0 rings (SSSR count). The lowest BCUT2D eigenvalue weighted by Gasteiger charge is -2.40. The summed E-state index contributed by atoms with van der Waals surface area (Å²) in [5.41, 5.74) is 5.65. The van der Waals surface area contributed by atoms with E-state index in [9.17, 15) is 0 Å². The van der Waals surface area contributed by atoms with E-state index in [1.54, 1.807) is 0 Å². The van der Waals surface area contributed by atoms with E-state index in [0.29, 0.717) is 0 Å². The van der Waals surface area contributed by atoms with Gasteiger partial charge < -0.3 is 14.6 Å². The highest BCUT2D eigenvalue weighted by molar-refractivity contribution is 6.96. The third-order valence-corrected chi connectivity index (χ3v) is 16.6. The molecule has 0 radical (unpaired) electrons. The Morgan fingerprint density at radius 2 is 1.40 bits per heavy atom. The summed E-state index contributed by atoms with van der Waals surface area (Å²) in [4.78, 5) is 0. The average molecular weight is 336 g/mol. The molecular weight excluding hydrogens is 298 g/mol. The fraction of sp³-hybridized carbons (Fsp3) is 1.00. The largest absolute Gasteiger partial charge is 0.395 e. The van der Waals surface area contributed by atoms with E-state index in [4.69, 9.17) is 14.6 Å². The van der Waals surface area contributed by atoms with E-state index in [1.807, 2.05) is 0 Å². The zero-order chi connectivity index (χ0) is 16.0. The Morgan fingerprint density at radius 1 is 0.900 bits per heavy atom. The minimum Gasteiger partial charge on any atom is -0.395 e. The van der Waals surface area contributed by atoms with E-state index >= 15 is 0 Å². The Bertz CT molecular complexity index is 263. The Hall–Kier alpha value is 0.531. The molecule has 0 heterocycles. The van der Waals surface area contributed by atoms with Crippen LogP contribution in [0.2, 0.25) is 57.0 Å². The summed E-state index contributed by atoms with van der Waals surface area (Å²) in [5, 5.41) is 0.778. The molecule has 20 heavy (non-hydrogen) atoms. The van der Waals surface area contributed by atoms with E-state index in [0.717, 1.165) is 37.4 Å². The van der Waals surface area contributed by atoms with Crippen LogP contribution in [-0.4, -0.2) is 44.5 Å². The van der Waals surface area contributed by atoms with Crippen LogP contribution in [0.1, 0.15) is 13.3 Å². The molecule has 0 aliphatic heterocycles. The fourth-order valence-electron chi connectivity index (χ4n) is 2.97. The second kappa shape index (κ2) is 8.24. The van der Waals surface area contributed by atoms with Gasteiger partial charge in [0.25, 0.3) is 0 Å². The Balaban J connectivity index is 4.79. The van der Waals surface area contributed by atoms with Gasteiger partial charge in [-0.05, 0) is 37.6 Å². The molecule has 0 saturated carbocycles. The van der Waals surface area contributed by atoms with Crippen molar-refractivity contribution in [2.45, 2.75) is 70.4 Å². The molecule has 1 unspecified atom stereocenters. The topological polar surface area (TPSA) is 44.5 Å². The maximum atomic E-state index is 6.42. The number of rotatable bonds is 10. The van der Waals surface area contributed by atoms with Crippen LogP contribution in [-0.2, 0) is 8.85 Å². The van der Waals surface area contributed by atoms with Crippen molar-refractivity contribution in [3.63, 3.8) is 0 Å². The van der Waals surface area contributed by atoms with Gasteiger partial charge in [0.15, 0.2) is 0 Å². The summed E-state index contributed by atoms with van der Waals surface area (Å²) < 4.78 is 12.4. The summed E-state index contributed by atoms with van der Waals surface area (Å²) in [6, 6.07) is 1.02. The van der Waals surface area contributed by atoms with Crippen LogP contribution in [0.5, 0.6) is 0 Å². The minimum absolute atomic E-state index is 0.727. The molecule has 0 aliphatic rings. The quantitative estimate of drug-likeness (QED) is 0.613. The van der Waals surface area contributed by atoms with Crippen LogP contribution >= 0.6 is 0 Å². The first-order valence-corrected chi connectivity index (χ1v) is 17.6. The highest BCUT2D eigenvalue weighted by Crippen LogP contribution is 2.33. The van der Waals surface area contributed by atoms with Crippen molar-refractivity contribution in [2.75, 3.05) is 19.8 Å². The van der Waals surface area contributed by atoms with Crippen molar-refractivity contribution >= 4 is 24.7 Å². The first kappa shape index (κ1) is 20.5. The monoisotopic (exact) mass is 335 g/mol. The van der Waals surface area contributed by atoms with Gasteiger partial charge in [0.05, 0.1) is 0 Å². The molecule has 0 aromatic heterocycles. The molecule has 0 saturated heterocycles. The van der Waals surface area contributed by atoms with Crippen molar-refractivity contribution in [3.05, 3.63) is 0 Å². The van der Waals surface area contributed by atoms with Crippen molar-refractivity contribution < 1.29 is 8.85 Å². The molecule has 0 aromatic carbocycles. The van der Waals surface area contributed by atoms with Gasteiger partial charge >= 0.3 is 8.56 Å². The van der Waals surface area contributed by atoms with Crippen LogP contribution in [0, 0.1) is 0 Å². The first-order valence-electron chi connectivity index (χ1n) is 7.94. The predicted octanol–water partition coefficient (Wildman–Crippen LogP) is 4.05. The first-order chi connectivity index (χ1) is 8.96. The highest BCUT2D eigenvalue weighted by atomic mass is 28.4. The Kier molecular flexibility index (Phi) is 8.46. The van der Waals surface area contributed by atoms with Crippen molar-refractivity contribution in [2.24, 2.45) is 5.73 Å². The summed E-state index contributed by atoms with van der Waals surface area (Å²) in [5.74, 6) is 0. The molecule has 6 heteroatoms. The summed E-state index contributed by atoms with van der Waals surface area (Å²) >= 11 is 0. The summed E-state index contributed by atoms with van der Waals surface area (Å²) in [7, 11) is -4.42. The van der Waals surface area contributed by atoms with Gasteiger partial charge in [0, 0.05) is 29.4 Å². The van der Waals surface area contributed by atoms with Crippen molar-refractivity contribution in [1.29, 1.82) is 0 Å². The van der Waals surface area contributed by atoms with Gasteiger partial charge in [-0.15, -0.1) is 0 Å². The van der Waals surface area contributed by atoms with E-state index in [1.165, 1.54) is 0 Å². The lowest BCUT2D eigenvalue weighted by molar-refractivity contribution is 0.184. The Morgan fingerprint density at radius 3 is 1.75 bits per heavy atom. The van der Waals surface area contributed by atoms with E-state index in [-0.39, 0.29) is 0 Å². The zero-order valence-electron chi connectivity index (χ0n) is 15.0. The highest BCUT2D eigenvalue weighted by Gasteiger charge is 2.40. The zero-order valence-corrected chi connectivity index (χ0v) is 18.0. The van der Waals surface area contributed by atoms with Gasteiger partial charge in [-0.2, -0.15) is 0 Å². The van der Waals surface area contributed by atoms with Crippen LogP contribution in [0.4, 0.5) is 0 Å².